The van der Waals surface area contributed by atoms with Crippen molar-refractivity contribution in [2.45, 2.75) is 51.2 Å². The number of methoxy groups -OCH3 is 1. The standard InChI is InChI=1S/C24H36N4O2/c1-17-13-20(25-8-12-29-3)16-23(26-17)27-21-14-19-7-11-30-24(19)22(15-21)18-5-4-9-28(2)10-6-18/h6,14-15,20,23,25,27H,4-5,7-13,16H2,1-3H3. The van der Waals surface area contributed by atoms with Crippen molar-refractivity contribution in [3.8, 4) is 5.75 Å². The summed E-state index contributed by atoms with van der Waals surface area (Å²) in [6, 6.07) is 4.99. The fraction of sp³-hybridized carbons (Fsp3) is 0.625. The van der Waals surface area contributed by atoms with Gasteiger partial charge in [0.15, 0.2) is 0 Å². The Kier molecular flexibility index (Phi) is 7.08. The van der Waals surface area contributed by atoms with Crippen LogP contribution in [0.1, 0.15) is 43.7 Å². The number of aliphatic imine (C=N–C) groups is 1. The summed E-state index contributed by atoms with van der Waals surface area (Å²) in [5.74, 6) is 1.10. The van der Waals surface area contributed by atoms with Crippen molar-refractivity contribution in [3.05, 3.63) is 29.3 Å². The predicted molar refractivity (Wildman–Crippen MR) is 124 cm³/mol. The van der Waals surface area contributed by atoms with Crippen LogP contribution in [0.15, 0.2) is 23.2 Å². The number of fused-ring (bicyclic) bond motifs is 1. The first-order chi connectivity index (χ1) is 14.6. The van der Waals surface area contributed by atoms with Crippen molar-refractivity contribution in [1.29, 1.82) is 0 Å². The van der Waals surface area contributed by atoms with Crippen LogP contribution in [0.5, 0.6) is 5.75 Å². The summed E-state index contributed by atoms with van der Waals surface area (Å²) >= 11 is 0. The summed E-state index contributed by atoms with van der Waals surface area (Å²) in [6.45, 7) is 6.68. The van der Waals surface area contributed by atoms with Gasteiger partial charge in [-0.25, -0.2) is 0 Å². The van der Waals surface area contributed by atoms with Gasteiger partial charge in [-0.2, -0.15) is 0 Å². The number of nitrogens with zero attached hydrogens (tertiary/aromatic N) is 2. The van der Waals surface area contributed by atoms with E-state index < -0.39 is 0 Å². The summed E-state index contributed by atoms with van der Waals surface area (Å²) in [7, 11) is 3.94. The average Bonchev–Trinajstić information content (AvgIpc) is 3.08. The zero-order valence-electron chi connectivity index (χ0n) is 18.7. The van der Waals surface area contributed by atoms with E-state index in [1.165, 1.54) is 28.8 Å². The smallest absolute Gasteiger partial charge is 0.130 e. The zero-order valence-corrected chi connectivity index (χ0v) is 18.7. The maximum atomic E-state index is 6.05. The number of hydrogen-bond acceptors (Lipinski definition) is 6. The average molecular weight is 413 g/mol. The Bertz CT molecular complexity index is 805. The Morgan fingerprint density at radius 2 is 2.20 bits per heavy atom. The molecule has 164 valence electrons. The first-order valence-electron chi connectivity index (χ1n) is 11.3. The molecular weight excluding hydrogens is 376 g/mol. The van der Waals surface area contributed by atoms with Crippen LogP contribution in [0.4, 0.5) is 5.69 Å². The number of rotatable bonds is 7. The minimum atomic E-state index is 0.0984. The number of allylic oxidation sites excluding steroid dienone is 1. The normalized spacial score (nSPS) is 24.5. The fourth-order valence-corrected chi connectivity index (χ4v) is 4.76. The molecule has 0 bridgehead atoms. The van der Waals surface area contributed by atoms with Gasteiger partial charge in [0.2, 0.25) is 0 Å². The third-order valence-electron chi connectivity index (χ3n) is 6.26. The van der Waals surface area contributed by atoms with E-state index in [0.717, 1.165) is 70.0 Å². The van der Waals surface area contributed by atoms with Crippen molar-refractivity contribution in [1.82, 2.24) is 10.2 Å². The van der Waals surface area contributed by atoms with Crippen molar-refractivity contribution < 1.29 is 9.47 Å². The molecule has 2 atom stereocenters. The van der Waals surface area contributed by atoms with E-state index in [1.54, 1.807) is 7.11 Å². The van der Waals surface area contributed by atoms with E-state index in [0.29, 0.717) is 6.04 Å². The second-order valence-electron chi connectivity index (χ2n) is 8.81. The van der Waals surface area contributed by atoms with Crippen LogP contribution in [-0.4, -0.2) is 69.8 Å². The second-order valence-corrected chi connectivity index (χ2v) is 8.81. The van der Waals surface area contributed by atoms with Gasteiger partial charge >= 0.3 is 0 Å². The van der Waals surface area contributed by atoms with Crippen LogP contribution in [-0.2, 0) is 11.2 Å². The number of ether oxygens (including phenoxy) is 2. The molecule has 0 saturated heterocycles. The minimum absolute atomic E-state index is 0.0984. The monoisotopic (exact) mass is 412 g/mol. The highest BCUT2D eigenvalue weighted by Gasteiger charge is 2.24. The van der Waals surface area contributed by atoms with Gasteiger partial charge in [0.25, 0.3) is 0 Å². The molecule has 6 heteroatoms. The zero-order chi connectivity index (χ0) is 20.9. The topological polar surface area (TPSA) is 58.1 Å². The van der Waals surface area contributed by atoms with Gasteiger partial charge in [0.05, 0.1) is 13.2 Å². The fourth-order valence-electron chi connectivity index (χ4n) is 4.76. The highest BCUT2D eigenvalue weighted by atomic mass is 16.5. The van der Waals surface area contributed by atoms with Crippen molar-refractivity contribution >= 4 is 17.0 Å². The van der Waals surface area contributed by atoms with Gasteiger partial charge in [0.1, 0.15) is 11.9 Å². The Labute approximate surface area is 180 Å². The molecule has 0 amide bonds. The van der Waals surface area contributed by atoms with Crippen molar-refractivity contribution in [2.75, 3.05) is 52.3 Å². The summed E-state index contributed by atoms with van der Waals surface area (Å²) in [5, 5.41) is 7.32. The first kappa shape index (κ1) is 21.3. The lowest BCUT2D eigenvalue weighted by Gasteiger charge is -2.29. The number of likely N-dealkylation sites (N-methyl/N-ethyl adjacent to an activating group) is 1. The maximum absolute atomic E-state index is 6.05. The molecule has 3 aliphatic heterocycles. The van der Waals surface area contributed by atoms with Crippen LogP contribution in [0.2, 0.25) is 0 Å². The molecule has 0 fully saturated rings. The molecule has 3 heterocycles. The lowest BCUT2D eigenvalue weighted by Crippen LogP contribution is -2.41. The molecule has 3 aliphatic rings. The Hall–Kier alpha value is -1.89. The van der Waals surface area contributed by atoms with E-state index in [9.17, 15) is 0 Å². The quantitative estimate of drug-likeness (QED) is 0.673. The first-order valence-corrected chi connectivity index (χ1v) is 11.3. The third kappa shape index (κ3) is 5.23. The van der Waals surface area contributed by atoms with Crippen molar-refractivity contribution in [3.63, 3.8) is 0 Å². The van der Waals surface area contributed by atoms with E-state index in [4.69, 9.17) is 14.5 Å². The van der Waals surface area contributed by atoms with Crippen LogP contribution < -0.4 is 15.4 Å². The summed E-state index contributed by atoms with van der Waals surface area (Å²) in [6.07, 6.45) is 7.75. The Morgan fingerprint density at radius 1 is 1.30 bits per heavy atom. The molecule has 30 heavy (non-hydrogen) atoms. The number of nitrogens with one attached hydrogen (secondary N) is 2. The highest BCUT2D eigenvalue weighted by molar-refractivity contribution is 5.83. The summed E-state index contributed by atoms with van der Waals surface area (Å²) < 4.78 is 11.2. The molecule has 1 aromatic rings. The molecule has 2 unspecified atom stereocenters. The number of benzene rings is 1. The summed E-state index contributed by atoms with van der Waals surface area (Å²) in [5.41, 5.74) is 6.37. The lowest BCUT2D eigenvalue weighted by molar-refractivity contribution is 0.194. The SMILES string of the molecule is COCCNC1CC(C)=NC(Nc2cc3c(c(C4=CCN(C)CCC4)c2)OCC3)C1. The molecule has 0 spiro atoms. The summed E-state index contributed by atoms with van der Waals surface area (Å²) in [4.78, 5) is 7.28. The van der Waals surface area contributed by atoms with E-state index in [-0.39, 0.29) is 6.17 Å². The molecule has 1 aromatic carbocycles. The lowest BCUT2D eigenvalue weighted by atomic mass is 9.96. The molecule has 0 aromatic heterocycles. The number of hydrogen-bond donors (Lipinski definition) is 2. The third-order valence-corrected chi connectivity index (χ3v) is 6.26. The highest BCUT2D eigenvalue weighted by Crippen LogP contribution is 2.39. The van der Waals surface area contributed by atoms with Gasteiger partial charge in [0, 0.05) is 68.0 Å². The van der Waals surface area contributed by atoms with Gasteiger partial charge < -0.3 is 25.0 Å². The molecule has 6 nitrogen and oxygen atoms in total. The molecule has 0 saturated carbocycles. The Morgan fingerprint density at radius 3 is 3.07 bits per heavy atom. The van der Waals surface area contributed by atoms with Crippen LogP contribution >= 0.6 is 0 Å². The maximum Gasteiger partial charge on any atom is 0.130 e. The molecule has 0 aliphatic carbocycles. The van der Waals surface area contributed by atoms with Crippen molar-refractivity contribution in [2.24, 2.45) is 4.99 Å². The number of anilines is 1. The second kappa shape index (κ2) is 9.94. The van der Waals surface area contributed by atoms with Crippen LogP contribution in [0.3, 0.4) is 0 Å². The van der Waals surface area contributed by atoms with E-state index in [1.807, 2.05) is 0 Å². The molecule has 0 radical (unpaired) electrons. The molecular formula is C24H36N4O2. The molecule has 2 N–H and O–H groups in total. The largest absolute Gasteiger partial charge is 0.492 e. The van der Waals surface area contributed by atoms with Crippen LogP contribution in [0, 0.1) is 0 Å². The van der Waals surface area contributed by atoms with Crippen LogP contribution in [0.25, 0.3) is 5.57 Å². The molecule has 4 rings (SSSR count). The van der Waals surface area contributed by atoms with Gasteiger partial charge in [-0.3, -0.25) is 4.99 Å². The predicted octanol–water partition coefficient (Wildman–Crippen LogP) is 3.33. The van der Waals surface area contributed by atoms with E-state index in [2.05, 4.69) is 47.7 Å². The minimum Gasteiger partial charge on any atom is -0.492 e. The Balaban J connectivity index is 1.53. The van der Waals surface area contributed by atoms with Gasteiger partial charge in [-0.1, -0.05) is 6.08 Å². The van der Waals surface area contributed by atoms with Gasteiger partial charge in [-0.15, -0.1) is 0 Å². The van der Waals surface area contributed by atoms with E-state index >= 15 is 0 Å². The van der Waals surface area contributed by atoms with Gasteiger partial charge in [-0.05, 0) is 51.1 Å².